The molecule has 1 heterocycles. The number of carboxylic acids is 1. The van der Waals surface area contributed by atoms with Crippen molar-refractivity contribution in [2.24, 2.45) is 5.41 Å². The molecule has 1 aliphatic heterocycles. The summed E-state index contributed by atoms with van der Waals surface area (Å²) in [5.74, 6) is -1.03. The predicted molar refractivity (Wildman–Crippen MR) is 74.5 cm³/mol. The zero-order valence-electron chi connectivity index (χ0n) is 12.3. The Morgan fingerprint density at radius 3 is 2.37 bits per heavy atom. The molecule has 1 saturated heterocycles. The minimum atomic E-state index is -3.54. The first-order valence-corrected chi connectivity index (χ1v) is 8.40. The van der Waals surface area contributed by atoms with Gasteiger partial charge in [0.15, 0.2) is 0 Å². The van der Waals surface area contributed by atoms with Gasteiger partial charge in [0, 0.05) is 6.54 Å². The molecule has 0 spiro atoms. The topological polar surface area (TPSA) is 74.7 Å². The number of aliphatic carboxylic acids is 1. The van der Waals surface area contributed by atoms with E-state index in [0.29, 0.717) is 32.2 Å². The fraction of sp³-hybridized carbons (Fsp3) is 0.923. The van der Waals surface area contributed by atoms with Crippen LogP contribution in [0, 0.1) is 5.41 Å². The van der Waals surface area contributed by atoms with Gasteiger partial charge in [0.1, 0.15) is 5.54 Å². The van der Waals surface area contributed by atoms with Gasteiger partial charge in [-0.15, -0.1) is 0 Å². The lowest BCUT2D eigenvalue weighted by molar-refractivity contribution is -0.147. The Hall–Kier alpha value is -0.620. The number of hydrogen-bond donors (Lipinski definition) is 1. The Morgan fingerprint density at radius 1 is 1.37 bits per heavy atom. The minimum absolute atomic E-state index is 0.0151. The van der Waals surface area contributed by atoms with Crippen LogP contribution in [0.1, 0.15) is 53.4 Å². The summed E-state index contributed by atoms with van der Waals surface area (Å²) < 4.78 is 26.3. The first-order valence-electron chi connectivity index (χ1n) is 6.79. The summed E-state index contributed by atoms with van der Waals surface area (Å²) in [6.45, 7) is 7.76. The average molecular weight is 291 g/mol. The van der Waals surface area contributed by atoms with Gasteiger partial charge in [-0.05, 0) is 24.7 Å². The number of carboxylic acid groups (broad SMARTS) is 1. The van der Waals surface area contributed by atoms with Crippen LogP contribution in [0.25, 0.3) is 0 Å². The van der Waals surface area contributed by atoms with Crippen molar-refractivity contribution in [3.63, 3.8) is 0 Å². The van der Waals surface area contributed by atoms with E-state index >= 15 is 0 Å². The highest BCUT2D eigenvalue weighted by atomic mass is 32.2. The molecule has 1 unspecified atom stereocenters. The summed E-state index contributed by atoms with van der Waals surface area (Å²) in [6, 6.07) is 0. The van der Waals surface area contributed by atoms with Gasteiger partial charge in [-0.3, -0.25) is 4.79 Å². The van der Waals surface area contributed by atoms with Crippen molar-refractivity contribution in [2.45, 2.75) is 58.9 Å². The smallest absolute Gasteiger partial charge is 0.325 e. The molecule has 5 nitrogen and oxygen atoms in total. The van der Waals surface area contributed by atoms with Crippen molar-refractivity contribution >= 4 is 16.0 Å². The molecule has 19 heavy (non-hydrogen) atoms. The van der Waals surface area contributed by atoms with E-state index in [0.717, 1.165) is 0 Å². The lowest BCUT2D eigenvalue weighted by Gasteiger charge is -2.35. The van der Waals surface area contributed by atoms with Gasteiger partial charge in [-0.2, -0.15) is 4.31 Å². The number of rotatable bonds is 5. The van der Waals surface area contributed by atoms with E-state index < -0.39 is 21.5 Å². The van der Waals surface area contributed by atoms with Crippen molar-refractivity contribution in [2.75, 3.05) is 12.3 Å². The van der Waals surface area contributed by atoms with Crippen LogP contribution in [0.3, 0.4) is 0 Å². The number of hydrogen-bond acceptors (Lipinski definition) is 3. The largest absolute Gasteiger partial charge is 0.480 e. The molecular formula is C13H25NO4S. The van der Waals surface area contributed by atoms with E-state index in [9.17, 15) is 18.3 Å². The van der Waals surface area contributed by atoms with E-state index in [1.807, 2.05) is 27.7 Å². The minimum Gasteiger partial charge on any atom is -0.480 e. The van der Waals surface area contributed by atoms with E-state index in [-0.39, 0.29) is 11.2 Å². The summed E-state index contributed by atoms with van der Waals surface area (Å²) in [4.78, 5) is 11.6. The molecule has 0 aromatic heterocycles. The van der Waals surface area contributed by atoms with E-state index in [4.69, 9.17) is 0 Å². The van der Waals surface area contributed by atoms with Gasteiger partial charge in [0.2, 0.25) is 10.0 Å². The zero-order chi connectivity index (χ0) is 14.9. The zero-order valence-corrected chi connectivity index (χ0v) is 13.1. The second-order valence-electron chi connectivity index (χ2n) is 6.58. The third-order valence-corrected chi connectivity index (χ3v) is 5.88. The van der Waals surface area contributed by atoms with E-state index in [1.54, 1.807) is 0 Å². The van der Waals surface area contributed by atoms with Crippen molar-refractivity contribution < 1.29 is 18.3 Å². The molecule has 1 rings (SSSR count). The molecule has 0 bridgehead atoms. The molecule has 0 aliphatic carbocycles. The maximum atomic E-state index is 12.5. The Labute approximate surface area is 116 Å². The molecule has 0 aromatic carbocycles. The lowest BCUT2D eigenvalue weighted by Crippen LogP contribution is -2.54. The van der Waals surface area contributed by atoms with Crippen LogP contribution < -0.4 is 0 Å². The Bertz CT molecular complexity index is 438. The van der Waals surface area contributed by atoms with Crippen LogP contribution in [-0.4, -0.2) is 41.6 Å². The summed E-state index contributed by atoms with van der Waals surface area (Å²) in [5, 5.41) is 9.52. The molecule has 1 fully saturated rings. The molecule has 1 aliphatic rings. The fourth-order valence-electron chi connectivity index (χ4n) is 2.87. The molecule has 1 N–H and O–H groups in total. The van der Waals surface area contributed by atoms with Gasteiger partial charge in [0.25, 0.3) is 0 Å². The maximum absolute atomic E-state index is 12.5. The van der Waals surface area contributed by atoms with Crippen molar-refractivity contribution in [1.29, 1.82) is 0 Å². The summed E-state index contributed by atoms with van der Waals surface area (Å²) >= 11 is 0. The summed E-state index contributed by atoms with van der Waals surface area (Å²) in [5.41, 5.74) is -1.60. The molecule has 112 valence electrons. The highest BCUT2D eigenvalue weighted by molar-refractivity contribution is 7.89. The van der Waals surface area contributed by atoms with Gasteiger partial charge in [-0.25, -0.2) is 8.42 Å². The fourth-order valence-corrected chi connectivity index (χ4v) is 5.32. The van der Waals surface area contributed by atoms with Gasteiger partial charge >= 0.3 is 5.97 Å². The first kappa shape index (κ1) is 16.4. The van der Waals surface area contributed by atoms with Crippen LogP contribution in [0.2, 0.25) is 0 Å². The second kappa shape index (κ2) is 5.40. The Kier molecular flexibility index (Phi) is 4.67. The predicted octanol–water partition coefficient (Wildman–Crippen LogP) is 2.08. The van der Waals surface area contributed by atoms with Crippen LogP contribution in [0.4, 0.5) is 0 Å². The number of carbonyl (C=O) groups is 1. The molecule has 0 amide bonds. The molecule has 0 saturated carbocycles. The first-order chi connectivity index (χ1) is 8.55. The van der Waals surface area contributed by atoms with Gasteiger partial charge < -0.3 is 5.11 Å². The van der Waals surface area contributed by atoms with E-state index in [2.05, 4.69) is 0 Å². The monoisotopic (exact) mass is 291 g/mol. The van der Waals surface area contributed by atoms with Gasteiger partial charge in [-0.1, -0.05) is 34.1 Å². The van der Waals surface area contributed by atoms with Crippen LogP contribution in [0.15, 0.2) is 0 Å². The van der Waals surface area contributed by atoms with Crippen LogP contribution in [0.5, 0.6) is 0 Å². The molecule has 0 aromatic rings. The lowest BCUT2D eigenvalue weighted by atomic mass is 9.92. The highest BCUT2D eigenvalue weighted by Crippen LogP contribution is 2.37. The number of nitrogens with zero attached hydrogens (tertiary/aromatic N) is 1. The maximum Gasteiger partial charge on any atom is 0.325 e. The Balaban J connectivity index is 3.13. The molecule has 0 radical (unpaired) electrons. The standard InChI is InChI=1S/C13H25NO4S/c1-5-7-13(11(15)16)8-6-9-14(13)19(17,18)10-12(2,3)4/h5-10H2,1-4H3,(H,15,16). The normalized spacial score (nSPS) is 25.7. The third kappa shape index (κ3) is 3.48. The third-order valence-electron chi connectivity index (χ3n) is 3.44. The summed E-state index contributed by atoms with van der Waals surface area (Å²) in [7, 11) is -3.54. The highest BCUT2D eigenvalue weighted by Gasteiger charge is 2.52. The summed E-state index contributed by atoms with van der Waals surface area (Å²) in [6.07, 6.45) is 2.08. The average Bonchev–Trinajstić information content (AvgIpc) is 2.60. The molecule has 6 heteroatoms. The van der Waals surface area contributed by atoms with Crippen LogP contribution in [-0.2, 0) is 14.8 Å². The Morgan fingerprint density at radius 2 is 1.95 bits per heavy atom. The van der Waals surface area contributed by atoms with Gasteiger partial charge in [0.05, 0.1) is 5.75 Å². The second-order valence-corrected chi connectivity index (χ2v) is 8.47. The van der Waals surface area contributed by atoms with Crippen molar-refractivity contribution in [3.05, 3.63) is 0 Å². The quantitative estimate of drug-likeness (QED) is 0.841. The van der Waals surface area contributed by atoms with Crippen molar-refractivity contribution in [1.82, 2.24) is 4.31 Å². The van der Waals surface area contributed by atoms with Crippen molar-refractivity contribution in [3.8, 4) is 0 Å². The molecular weight excluding hydrogens is 266 g/mol. The van der Waals surface area contributed by atoms with Crippen LogP contribution >= 0.6 is 0 Å². The van der Waals surface area contributed by atoms with E-state index in [1.165, 1.54) is 4.31 Å². The number of sulfonamides is 1. The SMILES string of the molecule is CCCC1(C(=O)O)CCCN1S(=O)(=O)CC(C)(C)C. The molecule has 1 atom stereocenters.